The fourth-order valence-corrected chi connectivity index (χ4v) is 1.35. The van der Waals surface area contributed by atoms with E-state index >= 15 is 0 Å². The van der Waals surface area contributed by atoms with Crippen LogP contribution in [-0.2, 0) is 6.54 Å². The summed E-state index contributed by atoms with van der Waals surface area (Å²) in [5.41, 5.74) is 1.36. The maximum Gasteiger partial charge on any atom is 0.0788 e. The van der Waals surface area contributed by atoms with Gasteiger partial charge in [0, 0.05) is 12.1 Å². The van der Waals surface area contributed by atoms with Gasteiger partial charge in [-0.2, -0.15) is 7.05 Å². The van der Waals surface area contributed by atoms with Gasteiger partial charge in [-0.05, 0) is 14.1 Å². The molecule has 1 unspecified atom stereocenters. The molecule has 1 N–H and O–H groups in total. The van der Waals surface area contributed by atoms with E-state index in [0.717, 1.165) is 19.6 Å². The first-order valence-electron chi connectivity index (χ1n) is 5.04. The van der Waals surface area contributed by atoms with Crippen LogP contribution in [-0.4, -0.2) is 32.1 Å². The van der Waals surface area contributed by atoms with Crippen LogP contribution in [0.25, 0.3) is 0 Å². The fraction of sp³-hybridized carbons (Fsp3) is 0.417. The molecule has 0 fully saturated rings. The summed E-state index contributed by atoms with van der Waals surface area (Å²) in [4.78, 5) is 3.50. The number of nitrogens with zero attached hydrogens (tertiary/aromatic N) is 1. The second-order valence-electron chi connectivity index (χ2n) is 3.97. The van der Waals surface area contributed by atoms with Gasteiger partial charge in [-0.15, -0.1) is 0 Å². The summed E-state index contributed by atoms with van der Waals surface area (Å²) in [5, 5.41) is 0. The molecule has 14 heavy (non-hydrogen) atoms. The third-order valence-corrected chi connectivity index (χ3v) is 2.21. The lowest BCUT2D eigenvalue weighted by atomic mass is 10.2. The van der Waals surface area contributed by atoms with Crippen LogP contribution in [0.1, 0.15) is 5.56 Å². The number of hydrogen-bond acceptors (Lipinski definition) is 1. The van der Waals surface area contributed by atoms with Crippen LogP contribution in [0.4, 0.5) is 0 Å². The smallest absolute Gasteiger partial charge is 0.0788 e. The zero-order valence-electron chi connectivity index (χ0n) is 9.16. The second kappa shape index (κ2) is 5.78. The van der Waals surface area contributed by atoms with Gasteiger partial charge in [-0.25, -0.2) is 0 Å². The van der Waals surface area contributed by atoms with Gasteiger partial charge in [0.1, 0.15) is 0 Å². The molecular weight excluding hydrogens is 172 g/mol. The van der Waals surface area contributed by atoms with E-state index in [-0.39, 0.29) is 0 Å². The van der Waals surface area contributed by atoms with Gasteiger partial charge >= 0.3 is 0 Å². The van der Waals surface area contributed by atoms with Crippen molar-refractivity contribution in [2.45, 2.75) is 6.54 Å². The minimum atomic E-state index is 1.01. The van der Waals surface area contributed by atoms with Crippen LogP contribution in [0.2, 0.25) is 0 Å². The zero-order valence-corrected chi connectivity index (χ0v) is 9.16. The van der Waals surface area contributed by atoms with Gasteiger partial charge in [-0.1, -0.05) is 30.3 Å². The van der Waals surface area contributed by atoms with E-state index in [1.165, 1.54) is 10.5 Å². The van der Waals surface area contributed by atoms with E-state index in [9.17, 15) is 0 Å². The highest BCUT2D eigenvalue weighted by molar-refractivity contribution is 5.13. The second-order valence-corrected chi connectivity index (χ2v) is 3.97. The van der Waals surface area contributed by atoms with E-state index in [1.54, 1.807) is 0 Å². The quantitative estimate of drug-likeness (QED) is 0.665. The standard InChI is InChI=1S/C12H20N2/c1-13(2)9-10-14(3)11-12-7-5-4-6-8-12/h4-8,14H,3,9-11H2,1-2H3. The van der Waals surface area contributed by atoms with Gasteiger partial charge in [0.15, 0.2) is 0 Å². The molecule has 1 aromatic rings. The van der Waals surface area contributed by atoms with Gasteiger partial charge in [0.05, 0.1) is 13.1 Å². The molecule has 0 amide bonds. The summed E-state index contributed by atoms with van der Waals surface area (Å²) < 4.78 is 0. The molecule has 2 heteroatoms. The summed E-state index contributed by atoms with van der Waals surface area (Å²) in [5.74, 6) is 0. The van der Waals surface area contributed by atoms with Crippen molar-refractivity contribution >= 4 is 0 Å². The summed E-state index contributed by atoms with van der Waals surface area (Å²) in [7, 11) is 8.28. The molecule has 2 nitrogen and oxygen atoms in total. The van der Waals surface area contributed by atoms with Gasteiger partial charge in [-0.3, -0.25) is 0 Å². The first kappa shape index (κ1) is 11.2. The molecule has 0 aliphatic carbocycles. The highest BCUT2D eigenvalue weighted by atomic mass is 15.1. The first-order valence-corrected chi connectivity index (χ1v) is 5.04. The van der Waals surface area contributed by atoms with Crippen LogP contribution in [0, 0.1) is 7.05 Å². The van der Waals surface area contributed by atoms with Crippen molar-refractivity contribution < 1.29 is 4.90 Å². The van der Waals surface area contributed by atoms with E-state index in [4.69, 9.17) is 0 Å². The van der Waals surface area contributed by atoms with E-state index in [0.29, 0.717) is 0 Å². The van der Waals surface area contributed by atoms with Crippen molar-refractivity contribution in [3.8, 4) is 0 Å². The Morgan fingerprint density at radius 2 is 1.86 bits per heavy atom. The molecule has 0 aliphatic heterocycles. The van der Waals surface area contributed by atoms with Crippen molar-refractivity contribution in [3.63, 3.8) is 0 Å². The van der Waals surface area contributed by atoms with Crippen LogP contribution in [0.5, 0.6) is 0 Å². The number of quaternary nitrogens is 1. The first-order chi connectivity index (χ1) is 6.68. The summed E-state index contributed by atoms with van der Waals surface area (Å²) in [6.07, 6.45) is 0. The third-order valence-electron chi connectivity index (χ3n) is 2.21. The summed E-state index contributed by atoms with van der Waals surface area (Å²) in [6, 6.07) is 10.5. The molecule has 0 saturated heterocycles. The van der Waals surface area contributed by atoms with Gasteiger partial charge in [0.25, 0.3) is 0 Å². The Morgan fingerprint density at radius 1 is 1.21 bits per heavy atom. The molecule has 0 heterocycles. The Bertz CT molecular complexity index is 244. The lowest BCUT2D eigenvalue weighted by molar-refractivity contribution is -0.867. The predicted octanol–water partition coefficient (Wildman–Crippen LogP) is 0.425. The normalized spacial score (nSPS) is 13.1. The Labute approximate surface area is 87.1 Å². The molecule has 1 atom stereocenters. The number of benzene rings is 1. The molecule has 0 saturated carbocycles. The number of rotatable bonds is 5. The maximum absolute atomic E-state index is 4.10. The Balaban J connectivity index is 2.30. The molecule has 0 radical (unpaired) electrons. The van der Waals surface area contributed by atoms with Gasteiger partial charge < -0.3 is 9.80 Å². The molecule has 1 rings (SSSR count). The van der Waals surface area contributed by atoms with E-state index < -0.39 is 0 Å². The van der Waals surface area contributed by atoms with Gasteiger partial charge in [0.2, 0.25) is 0 Å². The van der Waals surface area contributed by atoms with Crippen molar-refractivity contribution in [2.75, 3.05) is 27.2 Å². The predicted molar refractivity (Wildman–Crippen MR) is 59.9 cm³/mol. The van der Waals surface area contributed by atoms with Crippen LogP contribution < -0.4 is 4.90 Å². The summed E-state index contributed by atoms with van der Waals surface area (Å²) >= 11 is 0. The third kappa shape index (κ3) is 4.40. The molecule has 1 aromatic carbocycles. The Hall–Kier alpha value is -0.860. The zero-order chi connectivity index (χ0) is 10.4. The molecular formula is C12H20N2. The lowest BCUT2D eigenvalue weighted by Crippen LogP contribution is -3.06. The number of hydrogen-bond donors (Lipinski definition) is 1. The number of nitrogens with one attached hydrogen (secondary N) is 1. The fourth-order valence-electron chi connectivity index (χ4n) is 1.35. The number of likely N-dealkylation sites (N-methyl/N-ethyl adjacent to an activating group) is 1. The molecule has 0 bridgehead atoms. The highest BCUT2D eigenvalue weighted by Gasteiger charge is 1.98. The monoisotopic (exact) mass is 192 g/mol. The molecule has 0 spiro atoms. The van der Waals surface area contributed by atoms with Crippen molar-refractivity contribution in [2.24, 2.45) is 0 Å². The minimum Gasteiger partial charge on any atom is -0.463 e. The Morgan fingerprint density at radius 3 is 2.43 bits per heavy atom. The maximum atomic E-state index is 4.10. The molecule has 0 aromatic heterocycles. The van der Waals surface area contributed by atoms with Crippen LogP contribution in [0.15, 0.2) is 30.3 Å². The highest BCUT2D eigenvalue weighted by Crippen LogP contribution is 1.94. The topological polar surface area (TPSA) is 7.68 Å². The SMILES string of the molecule is [CH2-][NH+](CCN(C)C)Cc1ccccc1. The van der Waals surface area contributed by atoms with E-state index in [1.807, 2.05) is 6.07 Å². The largest absolute Gasteiger partial charge is 0.463 e. The van der Waals surface area contributed by atoms with Crippen molar-refractivity contribution in [1.29, 1.82) is 0 Å². The average molecular weight is 192 g/mol. The molecule has 0 aliphatic rings. The average Bonchev–Trinajstić information content (AvgIpc) is 2.16. The minimum absolute atomic E-state index is 1.01. The molecule has 78 valence electrons. The van der Waals surface area contributed by atoms with Crippen molar-refractivity contribution in [3.05, 3.63) is 42.9 Å². The van der Waals surface area contributed by atoms with Crippen LogP contribution >= 0.6 is 0 Å². The summed E-state index contributed by atoms with van der Waals surface area (Å²) in [6.45, 7) is 3.18. The van der Waals surface area contributed by atoms with Crippen LogP contribution in [0.3, 0.4) is 0 Å². The lowest BCUT2D eigenvalue weighted by Gasteiger charge is -2.22. The Kier molecular flexibility index (Phi) is 4.63. The van der Waals surface area contributed by atoms with Crippen molar-refractivity contribution in [1.82, 2.24) is 4.90 Å². The van der Waals surface area contributed by atoms with E-state index in [2.05, 4.69) is 50.3 Å².